The van der Waals surface area contributed by atoms with Crippen LogP contribution in [0.1, 0.15) is 48.6 Å². The predicted molar refractivity (Wildman–Crippen MR) is 106 cm³/mol. The Bertz CT molecular complexity index is 945. The molecule has 138 valence electrons. The normalized spacial score (nSPS) is 16.9. The first-order valence-electron chi connectivity index (χ1n) is 8.83. The molecular formula is C21H21N3O2S. The lowest BCUT2D eigenvalue weighted by Gasteiger charge is -2.16. The maximum atomic E-state index is 12.9. The number of aromatic nitrogens is 1. The summed E-state index contributed by atoms with van der Waals surface area (Å²) in [5.41, 5.74) is 3.82. The third-order valence-corrected chi connectivity index (χ3v) is 5.77. The van der Waals surface area contributed by atoms with Crippen LogP contribution in [-0.4, -0.2) is 22.0 Å². The number of imide groups is 1. The number of hydrogen-bond acceptors (Lipinski definition) is 5. The number of anilines is 1. The second-order valence-electron chi connectivity index (χ2n) is 7.00. The number of carbonyl (C=O) groups excluding carboxylic acids is 2. The zero-order valence-electron chi connectivity index (χ0n) is 15.8. The topological polar surface area (TPSA) is 74.1 Å². The fraction of sp³-hybridized carbons (Fsp3) is 0.333. The first kappa shape index (κ1) is 19.1. The Morgan fingerprint density at radius 1 is 1.22 bits per heavy atom. The number of carbonyl (C=O) groups is 2. The summed E-state index contributed by atoms with van der Waals surface area (Å²) in [6.45, 7) is 7.89. The van der Waals surface area contributed by atoms with Crippen molar-refractivity contribution in [1.82, 2.24) is 4.98 Å². The van der Waals surface area contributed by atoms with Crippen LogP contribution in [0.5, 0.6) is 0 Å². The van der Waals surface area contributed by atoms with E-state index in [2.05, 4.69) is 24.9 Å². The van der Waals surface area contributed by atoms with Crippen molar-refractivity contribution in [3.05, 3.63) is 52.7 Å². The van der Waals surface area contributed by atoms with E-state index >= 15 is 0 Å². The molecule has 1 atom stereocenters. The average molecular weight is 379 g/mol. The van der Waals surface area contributed by atoms with Crippen molar-refractivity contribution < 1.29 is 9.59 Å². The van der Waals surface area contributed by atoms with Crippen LogP contribution in [0.2, 0.25) is 0 Å². The molecule has 2 amide bonds. The number of nitrogens with zero attached hydrogens (tertiary/aromatic N) is 3. The van der Waals surface area contributed by atoms with Crippen LogP contribution in [0, 0.1) is 25.2 Å². The zero-order chi connectivity index (χ0) is 19.7. The molecule has 2 heterocycles. The van der Waals surface area contributed by atoms with E-state index in [9.17, 15) is 14.9 Å². The predicted octanol–water partition coefficient (Wildman–Crippen LogP) is 4.12. The Morgan fingerprint density at radius 2 is 1.89 bits per heavy atom. The van der Waals surface area contributed by atoms with Gasteiger partial charge in [-0.25, -0.2) is 9.88 Å². The van der Waals surface area contributed by atoms with Gasteiger partial charge in [0.2, 0.25) is 11.8 Å². The summed E-state index contributed by atoms with van der Waals surface area (Å²) < 4.78 is 0. The van der Waals surface area contributed by atoms with Crippen molar-refractivity contribution >= 4 is 29.3 Å². The first-order chi connectivity index (χ1) is 12.8. The van der Waals surface area contributed by atoms with Gasteiger partial charge in [0.15, 0.2) is 0 Å². The molecule has 0 bridgehead atoms. The monoisotopic (exact) mass is 379 g/mol. The maximum absolute atomic E-state index is 12.9. The van der Waals surface area contributed by atoms with Crippen LogP contribution in [0.3, 0.4) is 0 Å². The van der Waals surface area contributed by atoms with Crippen molar-refractivity contribution in [2.75, 3.05) is 4.90 Å². The standard InChI is InChI=1S/C21H21N3O2S/c1-12(2)15-5-7-16(8-6-15)24-19(25)10-18(21(24)26)27-20-17(11-22)13(3)9-14(4)23-20/h5-9,12,18H,10H2,1-4H3. The van der Waals surface area contributed by atoms with Gasteiger partial charge in [-0.05, 0) is 49.1 Å². The Kier molecular flexibility index (Phi) is 5.33. The Hall–Kier alpha value is -2.65. The molecule has 0 aliphatic carbocycles. The quantitative estimate of drug-likeness (QED) is 0.747. The second-order valence-corrected chi connectivity index (χ2v) is 8.19. The molecule has 5 nitrogen and oxygen atoms in total. The lowest BCUT2D eigenvalue weighted by atomic mass is 10.0. The van der Waals surface area contributed by atoms with E-state index in [1.165, 1.54) is 16.7 Å². The Morgan fingerprint density at radius 3 is 2.48 bits per heavy atom. The summed E-state index contributed by atoms with van der Waals surface area (Å²) in [5.74, 6) is -0.0998. The molecule has 1 unspecified atom stereocenters. The minimum absolute atomic E-state index is 0.106. The van der Waals surface area contributed by atoms with Gasteiger partial charge >= 0.3 is 0 Å². The maximum Gasteiger partial charge on any atom is 0.247 e. The molecular weight excluding hydrogens is 358 g/mol. The van der Waals surface area contributed by atoms with E-state index in [0.29, 0.717) is 22.2 Å². The van der Waals surface area contributed by atoms with E-state index in [-0.39, 0.29) is 18.2 Å². The number of benzene rings is 1. The van der Waals surface area contributed by atoms with Crippen LogP contribution < -0.4 is 4.90 Å². The van der Waals surface area contributed by atoms with Crippen LogP contribution in [0.15, 0.2) is 35.4 Å². The lowest BCUT2D eigenvalue weighted by molar-refractivity contribution is -0.121. The minimum Gasteiger partial charge on any atom is -0.274 e. The number of aryl methyl sites for hydroxylation is 2. The van der Waals surface area contributed by atoms with Gasteiger partial charge in [0.25, 0.3) is 0 Å². The van der Waals surface area contributed by atoms with Crippen LogP contribution in [-0.2, 0) is 9.59 Å². The van der Waals surface area contributed by atoms with Crippen molar-refractivity contribution in [2.45, 2.75) is 50.3 Å². The summed E-state index contributed by atoms with van der Waals surface area (Å²) in [7, 11) is 0. The summed E-state index contributed by atoms with van der Waals surface area (Å²) in [6.07, 6.45) is 0.106. The molecule has 3 rings (SSSR count). The second kappa shape index (κ2) is 7.53. The molecule has 0 saturated carbocycles. The van der Waals surface area contributed by atoms with Gasteiger partial charge in [-0.15, -0.1) is 0 Å². The smallest absolute Gasteiger partial charge is 0.247 e. The molecule has 0 N–H and O–H groups in total. The van der Waals surface area contributed by atoms with Crippen molar-refractivity contribution in [1.29, 1.82) is 5.26 Å². The van der Waals surface area contributed by atoms with Crippen molar-refractivity contribution in [3.8, 4) is 6.07 Å². The molecule has 1 aromatic heterocycles. The molecule has 1 saturated heterocycles. The van der Waals surface area contributed by atoms with Crippen LogP contribution >= 0.6 is 11.8 Å². The van der Waals surface area contributed by atoms with Crippen molar-refractivity contribution in [2.24, 2.45) is 0 Å². The number of pyridine rings is 1. The Balaban J connectivity index is 1.86. The number of hydrogen-bond donors (Lipinski definition) is 0. The average Bonchev–Trinajstić information content (AvgIpc) is 2.88. The SMILES string of the molecule is Cc1cc(C)c(C#N)c(SC2CC(=O)N(c3ccc(C(C)C)cc3)C2=O)n1. The molecule has 1 aliphatic heterocycles. The molecule has 2 aromatic rings. The van der Waals surface area contributed by atoms with E-state index in [1.807, 2.05) is 44.2 Å². The third-order valence-electron chi connectivity index (χ3n) is 4.60. The van der Waals surface area contributed by atoms with Gasteiger partial charge in [0, 0.05) is 12.1 Å². The highest BCUT2D eigenvalue weighted by Gasteiger charge is 2.40. The number of amides is 2. The third kappa shape index (κ3) is 3.74. The molecule has 1 aliphatic rings. The van der Waals surface area contributed by atoms with Crippen LogP contribution in [0.4, 0.5) is 5.69 Å². The van der Waals surface area contributed by atoms with E-state index < -0.39 is 5.25 Å². The number of nitriles is 1. The molecule has 0 spiro atoms. The van der Waals surface area contributed by atoms with Crippen LogP contribution in [0.25, 0.3) is 0 Å². The highest BCUT2D eigenvalue weighted by molar-refractivity contribution is 8.00. The van der Waals surface area contributed by atoms with Gasteiger partial charge in [-0.2, -0.15) is 5.26 Å². The summed E-state index contributed by atoms with van der Waals surface area (Å²) in [4.78, 5) is 31.0. The zero-order valence-corrected chi connectivity index (χ0v) is 16.6. The lowest BCUT2D eigenvalue weighted by Crippen LogP contribution is -2.31. The molecule has 27 heavy (non-hydrogen) atoms. The minimum atomic E-state index is -0.567. The fourth-order valence-corrected chi connectivity index (χ4v) is 4.36. The molecule has 1 fully saturated rings. The first-order valence-corrected chi connectivity index (χ1v) is 9.71. The summed E-state index contributed by atoms with van der Waals surface area (Å²) in [5, 5.41) is 9.36. The van der Waals surface area contributed by atoms with Gasteiger partial charge in [-0.1, -0.05) is 37.7 Å². The van der Waals surface area contributed by atoms with Gasteiger partial charge in [0.1, 0.15) is 11.1 Å². The van der Waals surface area contributed by atoms with Gasteiger partial charge in [0.05, 0.1) is 16.5 Å². The number of rotatable bonds is 4. The van der Waals surface area contributed by atoms with Gasteiger partial charge in [-0.3, -0.25) is 9.59 Å². The van der Waals surface area contributed by atoms with Crippen molar-refractivity contribution in [3.63, 3.8) is 0 Å². The van der Waals surface area contributed by atoms with E-state index in [1.54, 1.807) is 0 Å². The largest absolute Gasteiger partial charge is 0.274 e. The molecule has 0 radical (unpaired) electrons. The highest BCUT2D eigenvalue weighted by atomic mass is 32.2. The van der Waals surface area contributed by atoms with Gasteiger partial charge < -0.3 is 0 Å². The van der Waals surface area contributed by atoms with E-state index in [0.717, 1.165) is 16.8 Å². The fourth-order valence-electron chi connectivity index (χ4n) is 3.13. The highest BCUT2D eigenvalue weighted by Crippen LogP contribution is 2.35. The van der Waals surface area contributed by atoms with E-state index in [4.69, 9.17) is 0 Å². The summed E-state index contributed by atoms with van der Waals surface area (Å²) >= 11 is 1.20. The Labute approximate surface area is 163 Å². The number of thioether (sulfide) groups is 1. The molecule has 6 heteroatoms. The molecule has 1 aromatic carbocycles. The summed E-state index contributed by atoms with van der Waals surface area (Å²) in [6, 6.07) is 11.5.